The number of hydrogen-bond acceptors (Lipinski definition) is 4. The van der Waals surface area contributed by atoms with E-state index in [2.05, 4.69) is 44.2 Å². The van der Waals surface area contributed by atoms with Crippen molar-refractivity contribution in [3.8, 4) is 11.5 Å². The van der Waals surface area contributed by atoms with Gasteiger partial charge in [0.1, 0.15) is 11.5 Å². The van der Waals surface area contributed by atoms with Crippen molar-refractivity contribution in [2.45, 2.75) is 38.4 Å². The van der Waals surface area contributed by atoms with Gasteiger partial charge in [0.05, 0.1) is 12.6 Å². The zero-order valence-corrected chi connectivity index (χ0v) is 21.4. The van der Waals surface area contributed by atoms with Crippen molar-refractivity contribution in [1.82, 2.24) is 15.1 Å². The van der Waals surface area contributed by atoms with E-state index >= 15 is 4.39 Å². The zero-order valence-electron chi connectivity index (χ0n) is 21.4. The second-order valence-corrected chi connectivity index (χ2v) is 10.5. The van der Waals surface area contributed by atoms with Gasteiger partial charge in [-0.15, -0.1) is 5.10 Å². The van der Waals surface area contributed by atoms with Gasteiger partial charge in [0.15, 0.2) is 5.69 Å². The van der Waals surface area contributed by atoms with Crippen LogP contribution < -0.4 is 5.76 Å². The lowest BCUT2D eigenvalue weighted by atomic mass is 9.72. The van der Waals surface area contributed by atoms with Crippen molar-refractivity contribution in [2.24, 2.45) is 5.92 Å². The standard InChI is InChI=1S/C30H28F2N4O2/c1-18-8-10-19(11-9-18)27(20-6-5-7-21(12-20)28-34-35-29(37)38-28)36-16-23(17-36)26(30(2,3)32)22-13-24(31)15-25(14-22)33-4/h5-15,23,26-27H,16-17H2,1-3H3,(H,35,37)/t26-,27+/m1/s1. The van der Waals surface area contributed by atoms with Gasteiger partial charge in [0.25, 0.3) is 0 Å². The lowest BCUT2D eigenvalue weighted by molar-refractivity contribution is 0.00816. The SMILES string of the molecule is [C-]#[N+]c1cc(F)cc([C@H](C2CN([C@@H](c3ccc(C)cc3)c3cccc(-c4n[nH]c(=O)o4)c3)C2)C(C)(C)F)c1. The minimum Gasteiger partial charge on any atom is -0.388 e. The van der Waals surface area contributed by atoms with Gasteiger partial charge in [-0.1, -0.05) is 48.0 Å². The normalized spacial score (nSPS) is 16.0. The highest BCUT2D eigenvalue weighted by Gasteiger charge is 2.45. The van der Waals surface area contributed by atoms with E-state index in [1.807, 2.05) is 31.2 Å². The van der Waals surface area contributed by atoms with Gasteiger partial charge in [0.2, 0.25) is 5.89 Å². The van der Waals surface area contributed by atoms with E-state index in [0.29, 0.717) is 24.2 Å². The zero-order chi connectivity index (χ0) is 27.0. The number of halogens is 2. The molecule has 2 heterocycles. The number of hydrogen-bond donors (Lipinski definition) is 1. The van der Waals surface area contributed by atoms with Gasteiger partial charge < -0.3 is 4.42 Å². The summed E-state index contributed by atoms with van der Waals surface area (Å²) in [6.07, 6.45) is 0. The third kappa shape index (κ3) is 5.15. The van der Waals surface area contributed by atoms with Crippen LogP contribution in [0.4, 0.5) is 14.5 Å². The van der Waals surface area contributed by atoms with Gasteiger partial charge in [-0.2, -0.15) is 0 Å². The van der Waals surface area contributed by atoms with Crippen molar-refractivity contribution in [3.63, 3.8) is 0 Å². The fourth-order valence-corrected chi connectivity index (χ4v) is 5.60. The van der Waals surface area contributed by atoms with E-state index in [1.165, 1.54) is 26.0 Å². The van der Waals surface area contributed by atoms with Crippen LogP contribution in [0.5, 0.6) is 0 Å². The third-order valence-electron chi connectivity index (χ3n) is 7.19. The van der Waals surface area contributed by atoms with Crippen LogP contribution in [-0.4, -0.2) is 33.9 Å². The minimum absolute atomic E-state index is 0.0733. The molecule has 0 spiro atoms. The third-order valence-corrected chi connectivity index (χ3v) is 7.19. The van der Waals surface area contributed by atoms with Crippen LogP contribution in [0.2, 0.25) is 0 Å². The molecule has 1 N–H and O–H groups in total. The first kappa shape index (κ1) is 25.6. The molecule has 0 amide bonds. The summed E-state index contributed by atoms with van der Waals surface area (Å²) in [4.78, 5) is 17.1. The summed E-state index contributed by atoms with van der Waals surface area (Å²) in [6, 6.07) is 20.0. The average molecular weight is 515 g/mol. The molecule has 1 fully saturated rings. The second-order valence-electron chi connectivity index (χ2n) is 10.5. The lowest BCUT2D eigenvalue weighted by Crippen LogP contribution is -2.53. The predicted octanol–water partition coefficient (Wildman–Crippen LogP) is 6.58. The molecule has 0 aliphatic carbocycles. The van der Waals surface area contributed by atoms with Crippen molar-refractivity contribution in [2.75, 3.05) is 13.1 Å². The fraction of sp³-hybridized carbons (Fsp3) is 0.300. The Balaban J connectivity index is 1.48. The number of nitrogens with zero attached hydrogens (tertiary/aromatic N) is 3. The summed E-state index contributed by atoms with van der Waals surface area (Å²) in [5.41, 5.74) is 2.94. The molecule has 194 valence electrons. The first-order valence-electron chi connectivity index (χ1n) is 12.5. The topological polar surface area (TPSA) is 66.5 Å². The van der Waals surface area contributed by atoms with Crippen LogP contribution in [-0.2, 0) is 0 Å². The Morgan fingerprint density at radius 2 is 1.82 bits per heavy atom. The molecule has 1 aromatic heterocycles. The molecular weight excluding hydrogens is 486 g/mol. The molecule has 38 heavy (non-hydrogen) atoms. The van der Waals surface area contributed by atoms with Crippen molar-refractivity contribution >= 4 is 5.69 Å². The van der Waals surface area contributed by atoms with Crippen LogP contribution in [0, 0.1) is 25.2 Å². The molecule has 5 rings (SSSR count). The fourth-order valence-electron chi connectivity index (χ4n) is 5.60. The van der Waals surface area contributed by atoms with Gasteiger partial charge in [-0.05, 0) is 67.6 Å². The molecule has 1 aliphatic rings. The van der Waals surface area contributed by atoms with Gasteiger partial charge in [0, 0.05) is 24.6 Å². The maximum atomic E-state index is 15.6. The Kier molecular flexibility index (Phi) is 6.72. The highest BCUT2D eigenvalue weighted by Crippen LogP contribution is 2.46. The maximum Gasteiger partial charge on any atom is 0.434 e. The Morgan fingerprint density at radius 1 is 1.08 bits per heavy atom. The summed E-state index contributed by atoms with van der Waals surface area (Å²) in [5.74, 6) is -1.58. The largest absolute Gasteiger partial charge is 0.434 e. The summed E-state index contributed by atoms with van der Waals surface area (Å²) in [5, 5.41) is 6.25. The van der Waals surface area contributed by atoms with Crippen molar-refractivity contribution in [3.05, 3.63) is 117 Å². The van der Waals surface area contributed by atoms with E-state index in [4.69, 9.17) is 11.0 Å². The van der Waals surface area contributed by atoms with Crippen LogP contribution in [0.15, 0.2) is 75.9 Å². The Labute approximate surface area is 219 Å². The molecule has 0 radical (unpaired) electrons. The monoisotopic (exact) mass is 514 g/mol. The first-order valence-corrected chi connectivity index (χ1v) is 12.5. The first-order chi connectivity index (χ1) is 18.1. The Bertz CT molecular complexity index is 1540. The average Bonchev–Trinajstić information content (AvgIpc) is 3.29. The number of H-pyrrole nitrogens is 1. The van der Waals surface area contributed by atoms with E-state index in [1.54, 1.807) is 6.07 Å². The molecule has 6 nitrogen and oxygen atoms in total. The smallest absolute Gasteiger partial charge is 0.388 e. The molecule has 0 bridgehead atoms. The summed E-state index contributed by atoms with van der Waals surface area (Å²) in [7, 11) is 0. The summed E-state index contributed by atoms with van der Waals surface area (Å²) >= 11 is 0. The van der Waals surface area contributed by atoms with Crippen LogP contribution in [0.3, 0.4) is 0 Å². The molecule has 1 aliphatic heterocycles. The quantitative estimate of drug-likeness (QED) is 0.283. The van der Waals surface area contributed by atoms with Crippen molar-refractivity contribution in [1.29, 1.82) is 0 Å². The number of rotatable bonds is 7. The molecule has 1 saturated heterocycles. The molecule has 8 heteroatoms. The number of aromatic nitrogens is 2. The van der Waals surface area contributed by atoms with E-state index in [0.717, 1.165) is 16.7 Å². The van der Waals surface area contributed by atoms with Crippen LogP contribution >= 0.6 is 0 Å². The van der Waals surface area contributed by atoms with Crippen molar-refractivity contribution < 1.29 is 13.2 Å². The summed E-state index contributed by atoms with van der Waals surface area (Å²) in [6.45, 7) is 13.5. The molecular formula is C30H28F2N4O2. The number of benzene rings is 3. The van der Waals surface area contributed by atoms with Gasteiger partial charge in [-0.25, -0.2) is 23.5 Å². The highest BCUT2D eigenvalue weighted by atomic mass is 19.1. The molecule has 0 saturated carbocycles. The van der Waals surface area contributed by atoms with Crippen LogP contribution in [0.25, 0.3) is 16.3 Å². The molecule has 2 atom stereocenters. The van der Waals surface area contributed by atoms with E-state index in [9.17, 15) is 9.18 Å². The summed E-state index contributed by atoms with van der Waals surface area (Å²) < 4.78 is 35.0. The number of nitrogens with one attached hydrogen (secondary N) is 1. The Hall–Kier alpha value is -4.09. The molecule has 3 aromatic carbocycles. The van der Waals surface area contributed by atoms with E-state index < -0.39 is 23.2 Å². The minimum atomic E-state index is -1.61. The van der Waals surface area contributed by atoms with Gasteiger partial charge in [-0.3, -0.25) is 4.90 Å². The number of alkyl halides is 1. The Morgan fingerprint density at radius 3 is 2.45 bits per heavy atom. The predicted molar refractivity (Wildman–Crippen MR) is 141 cm³/mol. The second kappa shape index (κ2) is 9.99. The van der Waals surface area contributed by atoms with Gasteiger partial charge >= 0.3 is 5.76 Å². The number of aryl methyl sites for hydroxylation is 1. The van der Waals surface area contributed by atoms with Crippen LogP contribution in [0.1, 0.15) is 48.1 Å². The highest BCUT2D eigenvalue weighted by molar-refractivity contribution is 5.55. The van der Waals surface area contributed by atoms with E-state index in [-0.39, 0.29) is 23.5 Å². The number of aromatic amines is 1. The number of likely N-dealkylation sites (tertiary alicyclic amines) is 1. The maximum absolute atomic E-state index is 15.6. The molecule has 0 unspecified atom stereocenters. The lowest BCUT2D eigenvalue weighted by Gasteiger charge is -2.50. The molecule has 4 aromatic rings.